The molecule has 0 fully saturated rings. The number of anilines is 1. The van der Waals surface area contributed by atoms with Gasteiger partial charge in [-0.1, -0.05) is 26.7 Å². The lowest BCUT2D eigenvalue weighted by Crippen LogP contribution is -2.43. The summed E-state index contributed by atoms with van der Waals surface area (Å²) in [7, 11) is 0. The number of nitrogens with one attached hydrogen (secondary N) is 2. The van der Waals surface area contributed by atoms with E-state index in [9.17, 15) is 9.90 Å². The van der Waals surface area contributed by atoms with Gasteiger partial charge in [-0.05, 0) is 77.6 Å². The highest BCUT2D eigenvalue weighted by molar-refractivity contribution is 5.98. The highest BCUT2D eigenvalue weighted by atomic mass is 16.5. The molecule has 1 aromatic carbocycles. The van der Waals surface area contributed by atoms with Crippen LogP contribution >= 0.6 is 0 Å². The minimum Gasteiger partial charge on any atom is -0.493 e. The summed E-state index contributed by atoms with van der Waals surface area (Å²) < 4.78 is 5.95. The minimum absolute atomic E-state index is 0.125. The quantitative estimate of drug-likeness (QED) is 0.333. The summed E-state index contributed by atoms with van der Waals surface area (Å²) in [5, 5.41) is 16.8. The molecule has 6 heteroatoms. The Bertz CT molecular complexity index is 629. The predicted octanol–water partition coefficient (Wildman–Crippen LogP) is 4.46. The Hall–Kier alpha value is -1.79. The maximum atomic E-state index is 13.2. The molecular weight excluding hydrogens is 378 g/mol. The van der Waals surface area contributed by atoms with Gasteiger partial charge in [0.15, 0.2) is 0 Å². The van der Waals surface area contributed by atoms with Crippen LogP contribution in [0.4, 0.5) is 5.69 Å². The molecule has 0 radical (unpaired) electrons. The number of benzene rings is 1. The first-order chi connectivity index (χ1) is 14.2. The SMILES string of the molecule is CCCCC(NC(=O)c1cc(NC(C)(C)C)ccc1OCCCCCN)C(O)CC. The van der Waals surface area contributed by atoms with Crippen LogP contribution in [0.25, 0.3) is 0 Å². The molecule has 0 saturated heterocycles. The van der Waals surface area contributed by atoms with Gasteiger partial charge in [0.25, 0.3) is 5.91 Å². The molecule has 0 saturated carbocycles. The monoisotopic (exact) mass is 421 g/mol. The molecule has 1 rings (SSSR count). The number of ether oxygens (including phenoxy) is 1. The van der Waals surface area contributed by atoms with Crippen LogP contribution in [0.2, 0.25) is 0 Å². The van der Waals surface area contributed by atoms with Crippen LogP contribution in [0.3, 0.4) is 0 Å². The van der Waals surface area contributed by atoms with E-state index in [1.165, 1.54) is 0 Å². The molecular formula is C24H43N3O3. The molecule has 6 nitrogen and oxygen atoms in total. The minimum atomic E-state index is -0.558. The molecule has 0 bridgehead atoms. The Morgan fingerprint density at radius 3 is 2.50 bits per heavy atom. The fourth-order valence-corrected chi connectivity index (χ4v) is 3.26. The van der Waals surface area contributed by atoms with Crippen molar-refractivity contribution >= 4 is 11.6 Å². The van der Waals surface area contributed by atoms with E-state index in [0.29, 0.717) is 30.9 Å². The summed E-state index contributed by atoms with van der Waals surface area (Å²) in [4.78, 5) is 13.2. The van der Waals surface area contributed by atoms with Crippen molar-refractivity contribution < 1.29 is 14.6 Å². The van der Waals surface area contributed by atoms with Gasteiger partial charge in [-0.3, -0.25) is 4.79 Å². The maximum Gasteiger partial charge on any atom is 0.255 e. The summed E-state index contributed by atoms with van der Waals surface area (Å²) >= 11 is 0. The summed E-state index contributed by atoms with van der Waals surface area (Å²) in [6, 6.07) is 5.36. The molecule has 1 aromatic rings. The van der Waals surface area contributed by atoms with Crippen molar-refractivity contribution in [2.24, 2.45) is 5.73 Å². The lowest BCUT2D eigenvalue weighted by molar-refractivity contribution is 0.0806. The Morgan fingerprint density at radius 2 is 1.90 bits per heavy atom. The normalized spacial score (nSPS) is 13.6. The summed E-state index contributed by atoms with van der Waals surface area (Å²) in [5.41, 5.74) is 6.78. The molecule has 0 aliphatic rings. The summed E-state index contributed by atoms with van der Waals surface area (Å²) in [6.45, 7) is 11.5. The van der Waals surface area contributed by atoms with Crippen LogP contribution in [-0.4, -0.2) is 41.9 Å². The lowest BCUT2D eigenvalue weighted by Gasteiger charge is -2.25. The lowest BCUT2D eigenvalue weighted by atomic mass is 10.0. The Morgan fingerprint density at radius 1 is 1.17 bits per heavy atom. The number of carbonyl (C=O) groups excluding carboxylic acids is 1. The molecule has 0 spiro atoms. The molecule has 0 heterocycles. The second-order valence-corrected chi connectivity index (χ2v) is 8.98. The van der Waals surface area contributed by atoms with Gasteiger partial charge in [0, 0.05) is 11.2 Å². The van der Waals surface area contributed by atoms with E-state index >= 15 is 0 Å². The first-order valence-corrected chi connectivity index (χ1v) is 11.5. The van der Waals surface area contributed by atoms with Crippen molar-refractivity contribution in [1.82, 2.24) is 5.32 Å². The summed E-state index contributed by atoms with van der Waals surface area (Å²) in [6.07, 6.45) is 5.65. The fraction of sp³-hybridized carbons (Fsp3) is 0.708. The van der Waals surface area contributed by atoms with Gasteiger partial charge < -0.3 is 26.2 Å². The van der Waals surface area contributed by atoms with Gasteiger partial charge in [-0.2, -0.15) is 0 Å². The van der Waals surface area contributed by atoms with Crippen molar-refractivity contribution in [3.63, 3.8) is 0 Å². The number of hydrogen-bond donors (Lipinski definition) is 4. The van der Waals surface area contributed by atoms with Crippen molar-refractivity contribution in [2.45, 2.75) is 97.2 Å². The van der Waals surface area contributed by atoms with Gasteiger partial charge in [0.1, 0.15) is 5.75 Å². The third-order valence-corrected chi connectivity index (χ3v) is 4.92. The Kier molecular flexibility index (Phi) is 11.8. The average Bonchev–Trinajstić information content (AvgIpc) is 2.69. The van der Waals surface area contributed by atoms with Crippen LogP contribution in [0.5, 0.6) is 5.75 Å². The topological polar surface area (TPSA) is 96.6 Å². The molecule has 172 valence electrons. The van der Waals surface area contributed by atoms with Crippen molar-refractivity contribution in [3.8, 4) is 5.75 Å². The first-order valence-electron chi connectivity index (χ1n) is 11.5. The molecule has 0 aliphatic carbocycles. The second-order valence-electron chi connectivity index (χ2n) is 8.98. The molecule has 5 N–H and O–H groups in total. The number of rotatable bonds is 14. The smallest absolute Gasteiger partial charge is 0.255 e. The molecule has 2 unspecified atom stereocenters. The van der Waals surface area contributed by atoms with Crippen LogP contribution in [-0.2, 0) is 0 Å². The number of aliphatic hydroxyl groups is 1. The third-order valence-electron chi connectivity index (χ3n) is 4.92. The summed E-state index contributed by atoms with van der Waals surface area (Å²) in [5.74, 6) is 0.359. The van der Waals surface area contributed by atoms with Gasteiger partial charge in [-0.15, -0.1) is 0 Å². The number of hydrogen-bond acceptors (Lipinski definition) is 5. The molecule has 2 atom stereocenters. The van der Waals surface area contributed by atoms with E-state index in [4.69, 9.17) is 10.5 Å². The third kappa shape index (κ3) is 9.81. The van der Waals surface area contributed by atoms with Crippen molar-refractivity contribution in [2.75, 3.05) is 18.5 Å². The van der Waals surface area contributed by atoms with E-state index in [1.54, 1.807) is 0 Å². The fourth-order valence-electron chi connectivity index (χ4n) is 3.26. The number of nitrogens with two attached hydrogens (primary N) is 1. The van der Waals surface area contributed by atoms with Gasteiger partial charge in [-0.25, -0.2) is 0 Å². The van der Waals surface area contributed by atoms with E-state index in [-0.39, 0.29) is 17.5 Å². The maximum absolute atomic E-state index is 13.2. The highest BCUT2D eigenvalue weighted by Crippen LogP contribution is 2.26. The van der Waals surface area contributed by atoms with Crippen LogP contribution in [0.15, 0.2) is 18.2 Å². The average molecular weight is 422 g/mol. The highest BCUT2D eigenvalue weighted by Gasteiger charge is 2.23. The zero-order valence-corrected chi connectivity index (χ0v) is 19.6. The Balaban J connectivity index is 3.02. The largest absolute Gasteiger partial charge is 0.493 e. The van der Waals surface area contributed by atoms with Gasteiger partial charge in [0.05, 0.1) is 24.3 Å². The Labute approximate surface area is 183 Å². The van der Waals surface area contributed by atoms with Crippen LogP contribution in [0, 0.1) is 0 Å². The number of unbranched alkanes of at least 4 members (excludes halogenated alkanes) is 3. The number of carbonyl (C=O) groups is 1. The van der Waals surface area contributed by atoms with Crippen molar-refractivity contribution in [1.29, 1.82) is 0 Å². The first kappa shape index (κ1) is 26.2. The zero-order valence-electron chi connectivity index (χ0n) is 19.6. The molecule has 0 aliphatic heterocycles. The molecule has 1 amide bonds. The zero-order chi connectivity index (χ0) is 22.6. The van der Waals surface area contributed by atoms with Gasteiger partial charge >= 0.3 is 0 Å². The van der Waals surface area contributed by atoms with E-state index in [0.717, 1.165) is 44.2 Å². The standard InChI is InChI=1S/C24H43N3O3/c1-6-8-12-20(21(28)7-2)26-23(29)19-17-18(27-24(3,4)5)13-14-22(19)30-16-11-9-10-15-25/h13-14,17,20-21,27-28H,6-12,15-16,25H2,1-5H3,(H,26,29). The van der Waals surface area contributed by atoms with E-state index < -0.39 is 6.10 Å². The van der Waals surface area contributed by atoms with E-state index in [2.05, 4.69) is 38.3 Å². The van der Waals surface area contributed by atoms with Crippen LogP contribution in [0.1, 0.15) is 89.9 Å². The van der Waals surface area contributed by atoms with E-state index in [1.807, 2.05) is 25.1 Å². The predicted molar refractivity (Wildman–Crippen MR) is 125 cm³/mol. The second kappa shape index (κ2) is 13.5. The molecule has 0 aromatic heterocycles. The van der Waals surface area contributed by atoms with Gasteiger partial charge in [0.2, 0.25) is 0 Å². The molecule has 30 heavy (non-hydrogen) atoms. The van der Waals surface area contributed by atoms with Crippen molar-refractivity contribution in [3.05, 3.63) is 23.8 Å². The van der Waals surface area contributed by atoms with Crippen LogP contribution < -0.4 is 21.1 Å². The number of aliphatic hydroxyl groups excluding tert-OH is 1. The number of amides is 1.